The SMILES string of the molecule is COc1ccc2c3c1OC1C[C@@H](OC(=O)c4cnc[nH]4)C=C(C)[C@@]31CCN(C)C2. The van der Waals surface area contributed by atoms with Gasteiger partial charge < -0.3 is 24.1 Å². The molecule has 3 aliphatic rings. The van der Waals surface area contributed by atoms with E-state index < -0.39 is 5.97 Å². The van der Waals surface area contributed by atoms with Gasteiger partial charge in [-0.1, -0.05) is 11.6 Å². The Morgan fingerprint density at radius 1 is 1.41 bits per heavy atom. The topological polar surface area (TPSA) is 76.7 Å². The Bertz CT molecular complexity index is 984. The molecule has 3 heterocycles. The molecule has 0 bridgehead atoms. The second kappa shape index (κ2) is 6.62. The first kappa shape index (κ1) is 18.2. The maximum Gasteiger partial charge on any atom is 0.356 e. The van der Waals surface area contributed by atoms with Crippen LogP contribution in [0.25, 0.3) is 0 Å². The molecule has 2 aliphatic heterocycles. The molecule has 7 heteroatoms. The molecule has 0 saturated carbocycles. The Labute approximate surface area is 169 Å². The Hall–Kier alpha value is -2.80. The van der Waals surface area contributed by atoms with Crippen molar-refractivity contribution in [3.63, 3.8) is 0 Å². The number of ether oxygens (including phenoxy) is 3. The van der Waals surface area contributed by atoms with Crippen LogP contribution in [0, 0.1) is 0 Å². The van der Waals surface area contributed by atoms with Crippen molar-refractivity contribution in [1.82, 2.24) is 14.9 Å². The maximum absolute atomic E-state index is 12.4. The van der Waals surface area contributed by atoms with Crippen LogP contribution in [0.15, 0.2) is 36.3 Å². The van der Waals surface area contributed by atoms with E-state index in [9.17, 15) is 4.79 Å². The van der Waals surface area contributed by atoms with Gasteiger partial charge in [-0.2, -0.15) is 0 Å². The highest BCUT2D eigenvalue weighted by atomic mass is 16.6. The van der Waals surface area contributed by atoms with E-state index in [2.05, 4.69) is 41.0 Å². The van der Waals surface area contributed by atoms with Crippen molar-refractivity contribution in [3.8, 4) is 11.5 Å². The van der Waals surface area contributed by atoms with Gasteiger partial charge in [0.1, 0.15) is 17.9 Å². The number of aromatic amines is 1. The summed E-state index contributed by atoms with van der Waals surface area (Å²) >= 11 is 0. The first-order valence-corrected chi connectivity index (χ1v) is 9.96. The number of methoxy groups -OCH3 is 1. The fraction of sp³-hybridized carbons (Fsp3) is 0.455. The molecule has 0 fully saturated rings. The number of carbonyl (C=O) groups excluding carboxylic acids is 1. The van der Waals surface area contributed by atoms with Gasteiger partial charge in [-0.05, 0) is 44.6 Å². The predicted molar refractivity (Wildman–Crippen MR) is 106 cm³/mol. The second-order valence-electron chi connectivity index (χ2n) is 8.19. The smallest absolute Gasteiger partial charge is 0.356 e. The summed E-state index contributed by atoms with van der Waals surface area (Å²) in [4.78, 5) is 21.5. The molecule has 152 valence electrons. The van der Waals surface area contributed by atoms with Gasteiger partial charge in [-0.25, -0.2) is 9.78 Å². The molecule has 1 aromatic heterocycles. The normalized spacial score (nSPS) is 27.9. The van der Waals surface area contributed by atoms with Crippen LogP contribution in [0.2, 0.25) is 0 Å². The van der Waals surface area contributed by atoms with Crippen molar-refractivity contribution in [2.45, 2.75) is 43.9 Å². The van der Waals surface area contributed by atoms with Crippen LogP contribution in [0.4, 0.5) is 0 Å². The Morgan fingerprint density at radius 2 is 2.28 bits per heavy atom. The summed E-state index contributed by atoms with van der Waals surface area (Å²) in [6.07, 6.45) is 6.18. The molecule has 0 amide bonds. The standard InChI is InChI=1S/C22H25N3O4/c1-13-8-15(28-21(26)16-10-23-12-24-16)9-18-22(13)6-7-25(2)11-14-4-5-17(27-3)20(29-18)19(14)22/h4-5,8,10,12,15,18H,6-7,9,11H2,1-3H3,(H,23,24)/t15-,18?,22+/m0/s1. The lowest BCUT2D eigenvalue weighted by molar-refractivity contribution is 0.0196. The van der Waals surface area contributed by atoms with Gasteiger partial charge in [0.05, 0.1) is 25.0 Å². The molecule has 29 heavy (non-hydrogen) atoms. The third kappa shape index (κ3) is 2.68. The number of imidazole rings is 1. The molecule has 1 aromatic carbocycles. The van der Waals surface area contributed by atoms with Crippen molar-refractivity contribution in [2.75, 3.05) is 20.7 Å². The number of rotatable bonds is 3. The van der Waals surface area contributed by atoms with Crippen molar-refractivity contribution >= 4 is 5.97 Å². The summed E-state index contributed by atoms with van der Waals surface area (Å²) in [5.41, 5.74) is 3.87. The van der Waals surface area contributed by atoms with E-state index in [4.69, 9.17) is 14.2 Å². The highest BCUT2D eigenvalue weighted by Crippen LogP contribution is 2.58. The molecule has 0 radical (unpaired) electrons. The van der Waals surface area contributed by atoms with E-state index in [1.54, 1.807) is 7.11 Å². The summed E-state index contributed by atoms with van der Waals surface area (Å²) < 4.78 is 17.9. The zero-order valence-electron chi connectivity index (χ0n) is 16.9. The molecule has 1 aliphatic carbocycles. The minimum atomic E-state index is -0.401. The molecule has 1 spiro atoms. The molecule has 3 atom stereocenters. The number of esters is 1. The minimum absolute atomic E-state index is 0.0939. The Morgan fingerprint density at radius 3 is 3.03 bits per heavy atom. The first-order chi connectivity index (χ1) is 14.0. The summed E-state index contributed by atoms with van der Waals surface area (Å²) in [6, 6.07) is 4.15. The maximum atomic E-state index is 12.4. The van der Waals surface area contributed by atoms with E-state index in [0.717, 1.165) is 31.0 Å². The molecular formula is C22H25N3O4. The number of benzene rings is 1. The van der Waals surface area contributed by atoms with Crippen molar-refractivity contribution in [2.24, 2.45) is 0 Å². The van der Waals surface area contributed by atoms with E-state index in [1.165, 1.54) is 29.2 Å². The van der Waals surface area contributed by atoms with Gasteiger partial charge in [-0.15, -0.1) is 0 Å². The number of aromatic nitrogens is 2. The average Bonchev–Trinajstić information content (AvgIpc) is 3.30. The minimum Gasteiger partial charge on any atom is -0.493 e. The summed E-state index contributed by atoms with van der Waals surface area (Å²) in [5.74, 6) is 1.21. The summed E-state index contributed by atoms with van der Waals surface area (Å²) in [6.45, 7) is 3.99. The lowest BCUT2D eigenvalue weighted by atomic mass is 9.64. The van der Waals surface area contributed by atoms with Crippen LogP contribution in [0.3, 0.4) is 0 Å². The summed E-state index contributed by atoms with van der Waals surface area (Å²) in [7, 11) is 3.83. The third-order valence-electron chi connectivity index (χ3n) is 6.57. The Kier molecular flexibility index (Phi) is 4.17. The first-order valence-electron chi connectivity index (χ1n) is 9.96. The average molecular weight is 395 g/mol. The van der Waals surface area contributed by atoms with E-state index in [-0.39, 0.29) is 17.6 Å². The lowest BCUT2D eigenvalue weighted by Crippen LogP contribution is -2.46. The molecule has 7 nitrogen and oxygen atoms in total. The van der Waals surface area contributed by atoms with Gasteiger partial charge in [0.15, 0.2) is 11.5 Å². The molecule has 0 saturated heterocycles. The van der Waals surface area contributed by atoms with E-state index >= 15 is 0 Å². The van der Waals surface area contributed by atoms with Gasteiger partial charge in [0.2, 0.25) is 0 Å². The number of nitrogens with one attached hydrogen (secondary N) is 1. The van der Waals surface area contributed by atoms with Crippen LogP contribution in [0.5, 0.6) is 11.5 Å². The quantitative estimate of drug-likeness (QED) is 0.636. The summed E-state index contributed by atoms with van der Waals surface area (Å²) in [5, 5.41) is 0. The molecule has 1 N–H and O–H groups in total. The fourth-order valence-corrected chi connectivity index (χ4v) is 5.18. The number of hydrogen-bond acceptors (Lipinski definition) is 6. The molecular weight excluding hydrogens is 370 g/mol. The monoisotopic (exact) mass is 395 g/mol. The number of carbonyl (C=O) groups is 1. The fourth-order valence-electron chi connectivity index (χ4n) is 5.18. The van der Waals surface area contributed by atoms with Gasteiger partial charge in [0, 0.05) is 18.5 Å². The third-order valence-corrected chi connectivity index (χ3v) is 6.57. The second-order valence-corrected chi connectivity index (χ2v) is 8.19. The lowest BCUT2D eigenvalue weighted by Gasteiger charge is -2.40. The van der Waals surface area contributed by atoms with Crippen LogP contribution < -0.4 is 9.47 Å². The van der Waals surface area contributed by atoms with Crippen LogP contribution in [-0.2, 0) is 16.7 Å². The van der Waals surface area contributed by atoms with Crippen LogP contribution in [-0.4, -0.2) is 53.7 Å². The van der Waals surface area contributed by atoms with E-state index in [0.29, 0.717) is 12.1 Å². The van der Waals surface area contributed by atoms with Gasteiger partial charge >= 0.3 is 5.97 Å². The van der Waals surface area contributed by atoms with E-state index in [1.807, 2.05) is 6.07 Å². The van der Waals surface area contributed by atoms with Crippen molar-refractivity contribution in [3.05, 3.63) is 53.1 Å². The van der Waals surface area contributed by atoms with Crippen LogP contribution in [0.1, 0.15) is 41.4 Å². The Balaban J connectivity index is 1.55. The molecule has 1 unspecified atom stereocenters. The van der Waals surface area contributed by atoms with Gasteiger partial charge in [-0.3, -0.25) is 0 Å². The van der Waals surface area contributed by atoms with Crippen LogP contribution >= 0.6 is 0 Å². The number of nitrogens with zero attached hydrogens (tertiary/aromatic N) is 2. The zero-order chi connectivity index (χ0) is 20.2. The highest BCUT2D eigenvalue weighted by Gasteiger charge is 2.55. The number of hydrogen-bond donors (Lipinski definition) is 1. The molecule has 5 rings (SSSR count). The molecule has 2 aromatic rings. The van der Waals surface area contributed by atoms with Gasteiger partial charge in [0.25, 0.3) is 0 Å². The largest absolute Gasteiger partial charge is 0.493 e. The van der Waals surface area contributed by atoms with Crippen molar-refractivity contribution < 1.29 is 19.0 Å². The zero-order valence-corrected chi connectivity index (χ0v) is 16.9. The highest BCUT2D eigenvalue weighted by molar-refractivity contribution is 5.87. The number of H-pyrrole nitrogens is 1. The van der Waals surface area contributed by atoms with Crippen molar-refractivity contribution in [1.29, 1.82) is 0 Å². The predicted octanol–water partition coefficient (Wildman–Crippen LogP) is 2.83.